The van der Waals surface area contributed by atoms with Gasteiger partial charge in [0.15, 0.2) is 0 Å². The van der Waals surface area contributed by atoms with Gasteiger partial charge in [-0.15, -0.1) is 0 Å². The van der Waals surface area contributed by atoms with Gasteiger partial charge in [0.05, 0.1) is 25.1 Å². The molecule has 0 fully saturated rings. The Morgan fingerprint density at radius 3 is 3.00 bits per heavy atom. The largest absolute Gasteiger partial charge is 0.392 e. The maximum atomic E-state index is 12.2. The van der Waals surface area contributed by atoms with Crippen molar-refractivity contribution in [1.29, 1.82) is 0 Å². The summed E-state index contributed by atoms with van der Waals surface area (Å²) in [5.74, 6) is -0.245. The molecule has 1 aromatic carbocycles. The van der Waals surface area contributed by atoms with E-state index in [1.807, 2.05) is 6.07 Å². The van der Waals surface area contributed by atoms with Crippen molar-refractivity contribution in [1.82, 2.24) is 4.98 Å². The molecule has 0 radical (unpaired) electrons. The number of carbonyl (C=O) groups excluding carboxylic acids is 1. The number of benzene rings is 1. The minimum Gasteiger partial charge on any atom is -0.392 e. The van der Waals surface area contributed by atoms with Gasteiger partial charge in [-0.1, -0.05) is 12.1 Å². The number of ether oxygens (including phenoxy) is 1. The van der Waals surface area contributed by atoms with Crippen molar-refractivity contribution in [2.75, 3.05) is 12.4 Å². The number of methoxy groups -OCH3 is 1. The molecule has 5 nitrogen and oxygen atoms in total. The van der Waals surface area contributed by atoms with E-state index in [-0.39, 0.29) is 12.5 Å². The minimum atomic E-state index is -0.245. The van der Waals surface area contributed by atoms with Crippen molar-refractivity contribution < 1.29 is 14.6 Å². The fraction of sp³-hybridized carbons (Fsp3) is 0.200. The van der Waals surface area contributed by atoms with Crippen molar-refractivity contribution in [3.63, 3.8) is 0 Å². The highest BCUT2D eigenvalue weighted by molar-refractivity contribution is 6.04. The second kappa shape index (κ2) is 6.79. The summed E-state index contributed by atoms with van der Waals surface area (Å²) in [6.45, 7) is 0.303. The monoisotopic (exact) mass is 272 g/mol. The van der Waals surface area contributed by atoms with Gasteiger partial charge in [-0.2, -0.15) is 0 Å². The van der Waals surface area contributed by atoms with Crippen LogP contribution < -0.4 is 5.32 Å². The Morgan fingerprint density at radius 2 is 2.25 bits per heavy atom. The van der Waals surface area contributed by atoms with Gasteiger partial charge in [0.1, 0.15) is 0 Å². The molecule has 2 aromatic rings. The lowest BCUT2D eigenvalue weighted by Crippen LogP contribution is -2.14. The van der Waals surface area contributed by atoms with Crippen LogP contribution in [0.3, 0.4) is 0 Å². The van der Waals surface area contributed by atoms with E-state index < -0.39 is 0 Å². The number of hydrogen-bond acceptors (Lipinski definition) is 4. The standard InChI is InChI=1S/C15H16N2O3/c1-20-10-11-3-2-4-12(7-11)15(19)17-14-8-16-6-5-13(14)9-18/h2-8,18H,9-10H2,1H3,(H,17,19). The predicted molar refractivity (Wildman–Crippen MR) is 75.3 cm³/mol. The molecule has 0 unspecified atom stereocenters. The van der Waals surface area contributed by atoms with Gasteiger partial charge >= 0.3 is 0 Å². The summed E-state index contributed by atoms with van der Waals surface area (Å²) in [6, 6.07) is 8.86. The second-order valence-electron chi connectivity index (χ2n) is 4.28. The summed E-state index contributed by atoms with van der Waals surface area (Å²) in [7, 11) is 1.61. The van der Waals surface area contributed by atoms with Crippen LogP contribution in [0.1, 0.15) is 21.5 Å². The van der Waals surface area contributed by atoms with E-state index in [9.17, 15) is 9.90 Å². The van der Waals surface area contributed by atoms with Crippen molar-refractivity contribution in [3.8, 4) is 0 Å². The minimum absolute atomic E-state index is 0.151. The van der Waals surface area contributed by atoms with Crippen molar-refractivity contribution >= 4 is 11.6 Å². The molecule has 0 saturated heterocycles. The van der Waals surface area contributed by atoms with Gasteiger partial charge < -0.3 is 15.2 Å². The number of rotatable bonds is 5. The molecule has 1 heterocycles. The predicted octanol–water partition coefficient (Wildman–Crippen LogP) is 1.97. The molecule has 0 atom stereocenters. The van der Waals surface area contributed by atoms with E-state index in [0.717, 1.165) is 5.56 Å². The summed E-state index contributed by atoms with van der Waals surface area (Å²) in [4.78, 5) is 16.1. The van der Waals surface area contributed by atoms with Crippen LogP contribution in [0.25, 0.3) is 0 Å². The Kier molecular flexibility index (Phi) is 4.81. The third-order valence-corrected chi connectivity index (χ3v) is 2.83. The van der Waals surface area contributed by atoms with Gasteiger partial charge in [0.25, 0.3) is 5.91 Å². The first-order chi connectivity index (χ1) is 9.74. The second-order valence-corrected chi connectivity index (χ2v) is 4.28. The molecule has 0 bridgehead atoms. The highest BCUT2D eigenvalue weighted by Gasteiger charge is 2.09. The molecular weight excluding hydrogens is 256 g/mol. The van der Waals surface area contributed by atoms with E-state index in [2.05, 4.69) is 10.3 Å². The van der Waals surface area contributed by atoms with Gasteiger partial charge in [0.2, 0.25) is 0 Å². The zero-order chi connectivity index (χ0) is 14.4. The number of nitrogens with one attached hydrogen (secondary N) is 1. The number of nitrogens with zero attached hydrogens (tertiary/aromatic N) is 1. The Labute approximate surface area is 117 Å². The number of aromatic nitrogens is 1. The number of amides is 1. The SMILES string of the molecule is COCc1cccc(C(=O)Nc2cnccc2CO)c1. The molecule has 2 N–H and O–H groups in total. The van der Waals surface area contributed by atoms with Crippen molar-refractivity contribution in [2.45, 2.75) is 13.2 Å². The molecular formula is C15H16N2O3. The molecule has 5 heteroatoms. The fourth-order valence-corrected chi connectivity index (χ4v) is 1.84. The van der Waals surface area contributed by atoms with Crippen molar-refractivity contribution in [2.24, 2.45) is 0 Å². The third kappa shape index (κ3) is 3.40. The van der Waals surface area contributed by atoms with Crippen LogP contribution in [0.2, 0.25) is 0 Å². The van der Waals surface area contributed by atoms with Crippen LogP contribution in [-0.2, 0) is 18.0 Å². The molecule has 0 aliphatic heterocycles. The van der Waals surface area contributed by atoms with Crippen LogP contribution in [0.15, 0.2) is 42.7 Å². The topological polar surface area (TPSA) is 71.5 Å². The third-order valence-electron chi connectivity index (χ3n) is 2.83. The first-order valence-corrected chi connectivity index (χ1v) is 6.17. The summed E-state index contributed by atoms with van der Waals surface area (Å²) < 4.78 is 5.04. The van der Waals surface area contributed by atoms with Gasteiger partial charge in [-0.05, 0) is 23.8 Å². The molecule has 0 spiro atoms. The van der Waals surface area contributed by atoms with E-state index in [1.54, 1.807) is 37.6 Å². The van der Waals surface area contributed by atoms with Gasteiger partial charge in [-0.3, -0.25) is 9.78 Å². The highest BCUT2D eigenvalue weighted by Crippen LogP contribution is 2.15. The number of hydrogen-bond donors (Lipinski definition) is 2. The molecule has 1 aromatic heterocycles. The fourth-order valence-electron chi connectivity index (χ4n) is 1.84. The number of anilines is 1. The molecule has 0 aliphatic rings. The maximum Gasteiger partial charge on any atom is 0.255 e. The van der Waals surface area contributed by atoms with Gasteiger partial charge in [-0.25, -0.2) is 0 Å². The molecule has 104 valence electrons. The van der Waals surface area contributed by atoms with Crippen LogP contribution in [0.4, 0.5) is 5.69 Å². The summed E-state index contributed by atoms with van der Waals surface area (Å²) in [5.41, 5.74) is 2.60. The van der Waals surface area contributed by atoms with E-state index in [0.29, 0.717) is 23.4 Å². The maximum absolute atomic E-state index is 12.2. The zero-order valence-electron chi connectivity index (χ0n) is 11.2. The van der Waals surface area contributed by atoms with E-state index >= 15 is 0 Å². The molecule has 2 rings (SSSR count). The lowest BCUT2D eigenvalue weighted by atomic mass is 10.1. The summed E-state index contributed by atoms with van der Waals surface area (Å²) in [5, 5.41) is 12.0. The molecule has 20 heavy (non-hydrogen) atoms. The first kappa shape index (κ1) is 14.2. The lowest BCUT2D eigenvalue weighted by Gasteiger charge is -2.09. The lowest BCUT2D eigenvalue weighted by molar-refractivity contribution is 0.102. The smallest absolute Gasteiger partial charge is 0.255 e. The Hall–Kier alpha value is -2.24. The Morgan fingerprint density at radius 1 is 1.40 bits per heavy atom. The first-order valence-electron chi connectivity index (χ1n) is 6.17. The van der Waals surface area contributed by atoms with Gasteiger partial charge in [0, 0.05) is 24.4 Å². The number of aliphatic hydroxyl groups is 1. The quantitative estimate of drug-likeness (QED) is 0.873. The van der Waals surface area contributed by atoms with Crippen LogP contribution >= 0.6 is 0 Å². The van der Waals surface area contributed by atoms with E-state index in [1.165, 1.54) is 6.20 Å². The van der Waals surface area contributed by atoms with Crippen LogP contribution in [0.5, 0.6) is 0 Å². The van der Waals surface area contributed by atoms with Crippen molar-refractivity contribution in [3.05, 3.63) is 59.4 Å². The molecule has 0 aliphatic carbocycles. The molecule has 1 amide bonds. The number of pyridine rings is 1. The average molecular weight is 272 g/mol. The van der Waals surface area contributed by atoms with Crippen LogP contribution in [0, 0.1) is 0 Å². The highest BCUT2D eigenvalue weighted by atomic mass is 16.5. The molecule has 0 saturated carbocycles. The van der Waals surface area contributed by atoms with Crippen LogP contribution in [-0.4, -0.2) is 23.1 Å². The average Bonchev–Trinajstić information content (AvgIpc) is 2.48. The number of carbonyl (C=O) groups is 1. The normalized spacial score (nSPS) is 10.3. The van der Waals surface area contributed by atoms with E-state index in [4.69, 9.17) is 4.74 Å². The number of aliphatic hydroxyl groups excluding tert-OH is 1. The summed E-state index contributed by atoms with van der Waals surface area (Å²) in [6.07, 6.45) is 3.09. The Balaban J connectivity index is 2.17. The Bertz CT molecular complexity index is 599. The summed E-state index contributed by atoms with van der Waals surface area (Å²) >= 11 is 0. The zero-order valence-corrected chi connectivity index (χ0v) is 11.2.